The van der Waals surface area contributed by atoms with Crippen LogP contribution in [0.1, 0.15) is 37.8 Å². The Kier molecular flexibility index (Phi) is 6.11. The van der Waals surface area contributed by atoms with Crippen LogP contribution in [0.25, 0.3) is 0 Å². The number of aryl methyl sites for hydroxylation is 1. The Hall–Kier alpha value is -0.870. The lowest BCUT2D eigenvalue weighted by Gasteiger charge is -2.02. The van der Waals surface area contributed by atoms with Gasteiger partial charge in [-0.3, -0.25) is 0 Å². The molecular weight excluding hydrogens is 204 g/mol. The summed E-state index contributed by atoms with van der Waals surface area (Å²) in [4.78, 5) is 4.25. The van der Waals surface area contributed by atoms with Crippen LogP contribution >= 0.6 is 0 Å². The molecule has 0 aliphatic carbocycles. The van der Waals surface area contributed by atoms with Crippen molar-refractivity contribution in [3.8, 4) is 0 Å². The van der Waals surface area contributed by atoms with Gasteiger partial charge < -0.3 is 14.5 Å². The minimum absolute atomic E-state index is 0.418. The second-order valence-electron chi connectivity index (χ2n) is 4.16. The molecule has 0 saturated carbocycles. The van der Waals surface area contributed by atoms with E-state index in [0.717, 1.165) is 44.2 Å². The van der Waals surface area contributed by atoms with Gasteiger partial charge in [-0.25, -0.2) is 4.98 Å². The van der Waals surface area contributed by atoms with Crippen LogP contribution in [-0.4, -0.2) is 31.8 Å². The van der Waals surface area contributed by atoms with Crippen molar-refractivity contribution in [3.05, 3.63) is 17.8 Å². The van der Waals surface area contributed by atoms with Crippen molar-refractivity contribution in [3.63, 3.8) is 0 Å². The maximum absolute atomic E-state index is 5.61. The quantitative estimate of drug-likeness (QED) is 0.688. The van der Waals surface area contributed by atoms with Crippen LogP contribution in [0.15, 0.2) is 10.6 Å². The predicted octanol–water partition coefficient (Wildman–Crippen LogP) is 1.97. The summed E-state index contributed by atoms with van der Waals surface area (Å²) in [6.07, 6.45) is 3.77. The van der Waals surface area contributed by atoms with E-state index < -0.39 is 0 Å². The first-order valence-corrected chi connectivity index (χ1v) is 5.88. The fourth-order valence-electron chi connectivity index (χ4n) is 1.37. The number of ether oxygens (including phenoxy) is 1. The van der Waals surface area contributed by atoms with Gasteiger partial charge in [-0.1, -0.05) is 13.8 Å². The van der Waals surface area contributed by atoms with Crippen LogP contribution in [-0.2, 0) is 11.2 Å². The fourth-order valence-corrected chi connectivity index (χ4v) is 1.37. The van der Waals surface area contributed by atoms with Crippen LogP contribution in [0.2, 0.25) is 0 Å². The fraction of sp³-hybridized carbons (Fsp3) is 0.750. The Morgan fingerprint density at radius 2 is 2.25 bits per heavy atom. The molecule has 0 fully saturated rings. The molecule has 0 unspecified atom stereocenters. The van der Waals surface area contributed by atoms with E-state index in [1.54, 1.807) is 7.11 Å². The molecule has 92 valence electrons. The summed E-state index contributed by atoms with van der Waals surface area (Å²) in [5, 5.41) is 3.29. The molecule has 1 rings (SSSR count). The van der Waals surface area contributed by atoms with Gasteiger partial charge in [0.15, 0.2) is 5.89 Å². The third kappa shape index (κ3) is 4.77. The van der Waals surface area contributed by atoms with Crippen LogP contribution in [0, 0.1) is 0 Å². The summed E-state index contributed by atoms with van der Waals surface area (Å²) < 4.78 is 10.6. The highest BCUT2D eigenvalue weighted by atomic mass is 16.5. The van der Waals surface area contributed by atoms with Crippen molar-refractivity contribution in [1.82, 2.24) is 10.3 Å². The highest BCUT2D eigenvalue weighted by molar-refractivity contribution is 4.98. The minimum Gasteiger partial charge on any atom is -0.445 e. The van der Waals surface area contributed by atoms with Gasteiger partial charge in [0.1, 0.15) is 5.76 Å². The van der Waals surface area contributed by atoms with Gasteiger partial charge in [0, 0.05) is 26.0 Å². The van der Waals surface area contributed by atoms with Gasteiger partial charge in [0.05, 0.1) is 12.8 Å². The molecule has 0 radical (unpaired) electrons. The van der Waals surface area contributed by atoms with Gasteiger partial charge in [-0.15, -0.1) is 0 Å². The van der Waals surface area contributed by atoms with Crippen molar-refractivity contribution in [2.75, 3.05) is 26.8 Å². The number of hydrogen-bond donors (Lipinski definition) is 1. The first kappa shape index (κ1) is 13.2. The van der Waals surface area contributed by atoms with Gasteiger partial charge in [-0.05, 0) is 13.0 Å². The van der Waals surface area contributed by atoms with Crippen molar-refractivity contribution in [1.29, 1.82) is 0 Å². The molecule has 0 saturated heterocycles. The van der Waals surface area contributed by atoms with Gasteiger partial charge in [0.25, 0.3) is 0 Å². The number of rotatable bonds is 8. The molecule has 1 aromatic rings. The monoisotopic (exact) mass is 226 g/mol. The van der Waals surface area contributed by atoms with Crippen LogP contribution in [0.3, 0.4) is 0 Å². The van der Waals surface area contributed by atoms with E-state index in [9.17, 15) is 0 Å². The molecule has 0 aromatic carbocycles. The van der Waals surface area contributed by atoms with E-state index in [0.29, 0.717) is 5.92 Å². The Morgan fingerprint density at radius 1 is 1.44 bits per heavy atom. The summed E-state index contributed by atoms with van der Waals surface area (Å²) in [6.45, 7) is 6.85. The van der Waals surface area contributed by atoms with Crippen LogP contribution in [0.4, 0.5) is 0 Å². The van der Waals surface area contributed by atoms with E-state index >= 15 is 0 Å². The van der Waals surface area contributed by atoms with Gasteiger partial charge >= 0.3 is 0 Å². The highest BCUT2D eigenvalue weighted by Gasteiger charge is 2.06. The number of nitrogens with zero attached hydrogens (tertiary/aromatic N) is 1. The molecule has 16 heavy (non-hydrogen) atoms. The van der Waals surface area contributed by atoms with Gasteiger partial charge in [-0.2, -0.15) is 0 Å². The van der Waals surface area contributed by atoms with Gasteiger partial charge in [0.2, 0.25) is 0 Å². The maximum Gasteiger partial charge on any atom is 0.194 e. The molecule has 1 N–H and O–H groups in total. The van der Waals surface area contributed by atoms with Crippen LogP contribution < -0.4 is 5.32 Å². The Labute approximate surface area is 97.4 Å². The average Bonchev–Trinajstić information content (AvgIpc) is 2.72. The SMILES string of the molecule is COCCNCCCc1ncc(C(C)C)o1. The van der Waals surface area contributed by atoms with E-state index in [1.165, 1.54) is 0 Å². The largest absolute Gasteiger partial charge is 0.445 e. The predicted molar refractivity (Wildman–Crippen MR) is 63.7 cm³/mol. The topological polar surface area (TPSA) is 47.3 Å². The minimum atomic E-state index is 0.418. The first-order chi connectivity index (χ1) is 7.74. The number of nitrogens with one attached hydrogen (secondary N) is 1. The van der Waals surface area contributed by atoms with Crippen LogP contribution in [0.5, 0.6) is 0 Å². The molecule has 4 nitrogen and oxygen atoms in total. The standard InChI is InChI=1S/C12H22N2O2/c1-10(2)11-9-14-12(16-11)5-4-6-13-7-8-15-3/h9-10,13H,4-8H2,1-3H3. The molecule has 0 bridgehead atoms. The zero-order valence-electron chi connectivity index (χ0n) is 10.5. The summed E-state index contributed by atoms with van der Waals surface area (Å²) >= 11 is 0. The second kappa shape index (κ2) is 7.41. The normalized spacial score (nSPS) is 11.2. The molecule has 0 amide bonds. The first-order valence-electron chi connectivity index (χ1n) is 5.88. The Morgan fingerprint density at radius 3 is 2.88 bits per heavy atom. The van der Waals surface area contributed by atoms with E-state index in [1.807, 2.05) is 6.20 Å². The molecule has 0 atom stereocenters. The Bertz CT molecular complexity index is 284. The summed E-state index contributed by atoms with van der Waals surface area (Å²) in [6, 6.07) is 0. The average molecular weight is 226 g/mol. The van der Waals surface area contributed by atoms with Crippen molar-refractivity contribution < 1.29 is 9.15 Å². The zero-order chi connectivity index (χ0) is 11.8. The van der Waals surface area contributed by atoms with E-state index in [2.05, 4.69) is 24.1 Å². The van der Waals surface area contributed by atoms with E-state index in [-0.39, 0.29) is 0 Å². The molecule has 0 spiro atoms. The Balaban J connectivity index is 2.12. The second-order valence-corrected chi connectivity index (χ2v) is 4.16. The number of oxazole rings is 1. The van der Waals surface area contributed by atoms with Crippen molar-refractivity contribution >= 4 is 0 Å². The molecule has 1 heterocycles. The molecule has 0 aliphatic rings. The lowest BCUT2D eigenvalue weighted by atomic mass is 10.2. The zero-order valence-corrected chi connectivity index (χ0v) is 10.5. The number of hydrogen-bond acceptors (Lipinski definition) is 4. The number of methoxy groups -OCH3 is 1. The summed E-state index contributed by atoms with van der Waals surface area (Å²) in [5.41, 5.74) is 0. The lowest BCUT2D eigenvalue weighted by Crippen LogP contribution is -2.20. The maximum atomic E-state index is 5.61. The van der Waals surface area contributed by atoms with Crippen molar-refractivity contribution in [2.45, 2.75) is 32.6 Å². The molecule has 0 aliphatic heterocycles. The van der Waals surface area contributed by atoms with Crippen molar-refractivity contribution in [2.24, 2.45) is 0 Å². The molecular formula is C12H22N2O2. The highest BCUT2D eigenvalue weighted by Crippen LogP contribution is 2.15. The lowest BCUT2D eigenvalue weighted by molar-refractivity contribution is 0.199. The van der Waals surface area contributed by atoms with E-state index in [4.69, 9.17) is 9.15 Å². The third-order valence-corrected chi connectivity index (χ3v) is 2.37. The summed E-state index contributed by atoms with van der Waals surface area (Å²) in [5.74, 6) is 2.24. The summed E-state index contributed by atoms with van der Waals surface area (Å²) in [7, 11) is 1.71. The molecule has 4 heteroatoms. The molecule has 1 aromatic heterocycles. The number of aromatic nitrogens is 1. The third-order valence-electron chi connectivity index (χ3n) is 2.37. The smallest absolute Gasteiger partial charge is 0.194 e.